The zero-order valence-electron chi connectivity index (χ0n) is 16.0. The third-order valence-corrected chi connectivity index (χ3v) is 5.24. The van der Waals surface area contributed by atoms with Gasteiger partial charge in [0.1, 0.15) is 12.4 Å². The third-order valence-electron chi connectivity index (χ3n) is 4.33. The Kier molecular flexibility index (Phi) is 7.06. The van der Waals surface area contributed by atoms with Gasteiger partial charge in [-0.05, 0) is 36.4 Å². The van der Waals surface area contributed by atoms with Crippen LogP contribution in [0.4, 0.5) is 4.79 Å². The third kappa shape index (κ3) is 5.05. The summed E-state index contributed by atoms with van der Waals surface area (Å²) in [6, 6.07) is 16.7. The molecule has 1 aliphatic heterocycles. The quantitative estimate of drug-likeness (QED) is 0.481. The molecule has 6 nitrogen and oxygen atoms in total. The van der Waals surface area contributed by atoms with Crippen molar-refractivity contribution in [2.45, 2.75) is 13.0 Å². The van der Waals surface area contributed by atoms with Gasteiger partial charge >= 0.3 is 0 Å². The van der Waals surface area contributed by atoms with Crippen LogP contribution in [0.25, 0.3) is 6.08 Å². The van der Waals surface area contributed by atoms with Crippen molar-refractivity contribution in [1.82, 2.24) is 4.90 Å². The number of carbonyl (C=O) groups is 2. The molecular weight excluding hydrogens is 388 g/mol. The average molecular weight is 408 g/mol. The second-order valence-corrected chi connectivity index (χ2v) is 7.27. The highest BCUT2D eigenvalue weighted by Gasteiger charge is 2.34. The largest absolute Gasteiger partial charge is 0.488 e. The number of rotatable bonds is 8. The van der Waals surface area contributed by atoms with E-state index in [1.165, 1.54) is 4.90 Å². The first-order chi connectivity index (χ1) is 14.1. The molecule has 2 amide bonds. The van der Waals surface area contributed by atoms with E-state index in [1.54, 1.807) is 31.4 Å². The van der Waals surface area contributed by atoms with Crippen LogP contribution in [0.2, 0.25) is 0 Å². The predicted octanol–water partition coefficient (Wildman–Crippen LogP) is 4.21. The monoisotopic (exact) mass is 408 g/mol. The van der Waals surface area contributed by atoms with E-state index in [0.717, 1.165) is 17.3 Å². The van der Waals surface area contributed by atoms with Gasteiger partial charge in [-0.15, -0.1) is 0 Å². The topological polar surface area (TPSA) is 79.6 Å². The summed E-state index contributed by atoms with van der Waals surface area (Å²) in [6.07, 6.45) is 2.27. The number of imide groups is 1. The van der Waals surface area contributed by atoms with Crippen molar-refractivity contribution in [2.24, 2.45) is 0 Å². The molecule has 0 saturated carbocycles. The summed E-state index contributed by atoms with van der Waals surface area (Å²) in [5, 5.41) is 8.94. The molecule has 2 aromatic rings. The van der Waals surface area contributed by atoms with Gasteiger partial charge in [-0.1, -0.05) is 36.4 Å². The molecule has 0 atom stereocenters. The fourth-order valence-corrected chi connectivity index (χ4v) is 3.70. The molecule has 1 aliphatic rings. The van der Waals surface area contributed by atoms with Crippen molar-refractivity contribution >= 4 is 29.0 Å². The average Bonchev–Trinajstić information content (AvgIpc) is 3.01. The second kappa shape index (κ2) is 9.92. The van der Waals surface area contributed by atoms with Gasteiger partial charge in [-0.3, -0.25) is 14.5 Å². The molecule has 7 heteroatoms. The van der Waals surface area contributed by atoms with Crippen molar-refractivity contribution in [1.29, 1.82) is 5.26 Å². The van der Waals surface area contributed by atoms with Crippen molar-refractivity contribution in [3.05, 3.63) is 70.1 Å². The zero-order chi connectivity index (χ0) is 20.6. The molecule has 148 valence electrons. The smallest absolute Gasteiger partial charge is 0.293 e. The Hall–Kier alpha value is -3.08. The van der Waals surface area contributed by atoms with Crippen LogP contribution in [-0.2, 0) is 16.1 Å². The second-order valence-electron chi connectivity index (χ2n) is 6.28. The lowest BCUT2D eigenvalue weighted by atomic mass is 10.1. The predicted molar refractivity (Wildman–Crippen MR) is 111 cm³/mol. The molecule has 1 heterocycles. The van der Waals surface area contributed by atoms with Crippen LogP contribution in [0.5, 0.6) is 5.75 Å². The number of nitrogens with zero attached hydrogens (tertiary/aromatic N) is 2. The number of hydrogen-bond acceptors (Lipinski definition) is 6. The number of hydrogen-bond donors (Lipinski definition) is 0. The molecule has 0 aliphatic carbocycles. The van der Waals surface area contributed by atoms with Gasteiger partial charge in [0.25, 0.3) is 11.1 Å². The summed E-state index contributed by atoms with van der Waals surface area (Å²) in [4.78, 5) is 26.4. The standard InChI is InChI=1S/C22H20N2O4S/c1-27-12-6-11-24-21(25)20(29-22(24)26)13-16-7-4-5-10-19(16)28-15-18-9-3-2-8-17(18)14-23/h2-5,7-10,13H,6,11-12,15H2,1H3/b20-13+. The lowest BCUT2D eigenvalue weighted by Gasteiger charge is -2.12. The first-order valence-electron chi connectivity index (χ1n) is 9.08. The first kappa shape index (κ1) is 20.6. The van der Waals surface area contributed by atoms with Crippen molar-refractivity contribution in [3.63, 3.8) is 0 Å². The van der Waals surface area contributed by atoms with Gasteiger partial charge in [0.15, 0.2) is 0 Å². The molecule has 0 N–H and O–H groups in total. The van der Waals surface area contributed by atoms with Crippen LogP contribution in [0.15, 0.2) is 53.4 Å². The van der Waals surface area contributed by atoms with Gasteiger partial charge < -0.3 is 9.47 Å². The normalized spacial score (nSPS) is 15.0. The Bertz CT molecular complexity index is 981. The fraction of sp³-hybridized carbons (Fsp3) is 0.227. The minimum absolute atomic E-state index is 0.229. The molecule has 1 saturated heterocycles. The molecule has 2 aromatic carbocycles. The fourth-order valence-electron chi connectivity index (χ4n) is 2.84. The maximum atomic E-state index is 12.6. The van der Waals surface area contributed by atoms with Crippen LogP contribution >= 0.6 is 11.8 Å². The van der Waals surface area contributed by atoms with E-state index in [0.29, 0.717) is 41.4 Å². The van der Waals surface area contributed by atoms with E-state index < -0.39 is 0 Å². The molecule has 29 heavy (non-hydrogen) atoms. The summed E-state index contributed by atoms with van der Waals surface area (Å²) >= 11 is 0.923. The molecule has 0 aromatic heterocycles. The summed E-state index contributed by atoms with van der Waals surface area (Å²) in [5.74, 6) is 0.271. The highest BCUT2D eigenvalue weighted by atomic mass is 32.2. The highest BCUT2D eigenvalue weighted by Crippen LogP contribution is 2.34. The van der Waals surface area contributed by atoms with E-state index >= 15 is 0 Å². The first-order valence-corrected chi connectivity index (χ1v) is 9.90. The molecule has 3 rings (SSSR count). The van der Waals surface area contributed by atoms with E-state index in [1.807, 2.05) is 30.3 Å². The number of ether oxygens (including phenoxy) is 2. The SMILES string of the molecule is COCCCN1C(=O)S/C(=C/c2ccccc2OCc2ccccc2C#N)C1=O. The molecule has 1 fully saturated rings. The van der Waals surface area contributed by atoms with Gasteiger partial charge in [0, 0.05) is 31.4 Å². The number of amides is 2. The van der Waals surface area contributed by atoms with Crippen molar-refractivity contribution in [2.75, 3.05) is 20.3 Å². The Morgan fingerprint density at radius 2 is 1.90 bits per heavy atom. The molecular formula is C22H20N2O4S. The highest BCUT2D eigenvalue weighted by molar-refractivity contribution is 8.18. The minimum Gasteiger partial charge on any atom is -0.488 e. The lowest BCUT2D eigenvalue weighted by molar-refractivity contribution is -0.122. The number of methoxy groups -OCH3 is 1. The van der Waals surface area contributed by atoms with Crippen molar-refractivity contribution in [3.8, 4) is 11.8 Å². The number of carbonyl (C=O) groups excluding carboxylic acids is 2. The van der Waals surface area contributed by atoms with Crippen LogP contribution < -0.4 is 4.74 Å². The summed E-state index contributed by atoms with van der Waals surface area (Å²) in [6.45, 7) is 1.05. The Morgan fingerprint density at radius 3 is 2.69 bits per heavy atom. The minimum atomic E-state index is -0.305. The zero-order valence-corrected chi connectivity index (χ0v) is 16.8. The Labute approximate surface area is 173 Å². The maximum absolute atomic E-state index is 12.6. The number of nitriles is 1. The summed E-state index contributed by atoms with van der Waals surface area (Å²) < 4.78 is 10.9. The molecule has 0 bridgehead atoms. The van der Waals surface area contributed by atoms with Gasteiger partial charge in [-0.2, -0.15) is 5.26 Å². The lowest BCUT2D eigenvalue weighted by Crippen LogP contribution is -2.29. The van der Waals surface area contributed by atoms with Crippen LogP contribution in [0.3, 0.4) is 0 Å². The summed E-state index contributed by atoms with van der Waals surface area (Å²) in [5.41, 5.74) is 2.04. The van der Waals surface area contributed by atoms with Gasteiger partial charge in [-0.25, -0.2) is 0 Å². The number of thioether (sulfide) groups is 1. The van der Waals surface area contributed by atoms with Crippen LogP contribution in [0.1, 0.15) is 23.1 Å². The van der Waals surface area contributed by atoms with E-state index in [4.69, 9.17) is 9.47 Å². The number of para-hydroxylation sites is 1. The van der Waals surface area contributed by atoms with E-state index in [-0.39, 0.29) is 17.8 Å². The van der Waals surface area contributed by atoms with Crippen LogP contribution in [-0.4, -0.2) is 36.3 Å². The molecule has 0 radical (unpaired) electrons. The maximum Gasteiger partial charge on any atom is 0.293 e. The molecule has 0 unspecified atom stereocenters. The summed E-state index contributed by atoms with van der Waals surface area (Å²) in [7, 11) is 1.58. The van der Waals surface area contributed by atoms with Crippen LogP contribution in [0, 0.1) is 11.3 Å². The van der Waals surface area contributed by atoms with E-state index in [2.05, 4.69) is 6.07 Å². The van der Waals surface area contributed by atoms with E-state index in [9.17, 15) is 14.9 Å². The van der Waals surface area contributed by atoms with Crippen molar-refractivity contribution < 1.29 is 19.1 Å². The molecule has 0 spiro atoms. The number of benzene rings is 2. The Balaban J connectivity index is 1.76. The Morgan fingerprint density at radius 1 is 1.14 bits per heavy atom. The van der Waals surface area contributed by atoms with Gasteiger partial charge in [0.2, 0.25) is 0 Å². The van der Waals surface area contributed by atoms with Gasteiger partial charge in [0.05, 0.1) is 16.5 Å².